The molecule has 2 saturated carbocycles. The summed E-state index contributed by atoms with van der Waals surface area (Å²) in [7, 11) is 0. The van der Waals surface area contributed by atoms with Crippen LogP contribution >= 0.6 is 0 Å². The van der Waals surface area contributed by atoms with Crippen molar-refractivity contribution in [1.29, 1.82) is 0 Å². The standard InChI is InChI=1S/C11H19NO2/c1-11(2,10(13)14)12-9(7-3-4-7)8-5-6-8/h7-9,12H,3-6H2,1-2H3,(H,13,14). The third-order valence-corrected chi connectivity index (χ3v) is 3.32. The number of hydrogen-bond acceptors (Lipinski definition) is 2. The van der Waals surface area contributed by atoms with Gasteiger partial charge in [0.1, 0.15) is 5.54 Å². The van der Waals surface area contributed by atoms with Crippen LogP contribution in [0.1, 0.15) is 39.5 Å². The maximum absolute atomic E-state index is 11.0. The van der Waals surface area contributed by atoms with Crippen LogP contribution in [0.15, 0.2) is 0 Å². The average Bonchev–Trinajstić information content (AvgIpc) is 2.94. The van der Waals surface area contributed by atoms with E-state index >= 15 is 0 Å². The zero-order chi connectivity index (χ0) is 10.3. The fourth-order valence-corrected chi connectivity index (χ4v) is 2.01. The number of nitrogens with one attached hydrogen (secondary N) is 1. The van der Waals surface area contributed by atoms with E-state index in [1.165, 1.54) is 25.7 Å². The molecule has 0 radical (unpaired) electrons. The molecular formula is C11H19NO2. The summed E-state index contributed by atoms with van der Waals surface area (Å²) in [6, 6.07) is 0.459. The first kappa shape index (κ1) is 9.97. The minimum Gasteiger partial charge on any atom is -0.480 e. The van der Waals surface area contributed by atoms with Gasteiger partial charge in [0.05, 0.1) is 0 Å². The van der Waals surface area contributed by atoms with Crippen molar-refractivity contribution in [2.75, 3.05) is 0 Å². The molecule has 0 aromatic carbocycles. The summed E-state index contributed by atoms with van der Waals surface area (Å²) in [5, 5.41) is 12.3. The van der Waals surface area contributed by atoms with E-state index in [1.54, 1.807) is 13.8 Å². The van der Waals surface area contributed by atoms with E-state index in [2.05, 4.69) is 5.32 Å². The Morgan fingerprint density at radius 2 is 1.71 bits per heavy atom. The predicted molar refractivity (Wildman–Crippen MR) is 54.1 cm³/mol. The van der Waals surface area contributed by atoms with Gasteiger partial charge in [-0.1, -0.05) is 0 Å². The molecule has 2 aliphatic carbocycles. The molecule has 0 heterocycles. The van der Waals surface area contributed by atoms with Gasteiger partial charge in [-0.05, 0) is 51.4 Å². The summed E-state index contributed by atoms with van der Waals surface area (Å²) in [5.41, 5.74) is -0.768. The maximum Gasteiger partial charge on any atom is 0.323 e. The van der Waals surface area contributed by atoms with Crippen LogP contribution < -0.4 is 5.32 Å². The fraction of sp³-hybridized carbons (Fsp3) is 0.909. The van der Waals surface area contributed by atoms with E-state index in [0.29, 0.717) is 6.04 Å². The summed E-state index contributed by atoms with van der Waals surface area (Å²) < 4.78 is 0. The van der Waals surface area contributed by atoms with Crippen molar-refractivity contribution in [3.63, 3.8) is 0 Å². The lowest BCUT2D eigenvalue weighted by Crippen LogP contribution is -2.53. The van der Waals surface area contributed by atoms with Gasteiger partial charge in [0, 0.05) is 6.04 Å². The van der Waals surface area contributed by atoms with E-state index < -0.39 is 11.5 Å². The first-order valence-electron chi connectivity index (χ1n) is 5.52. The Bertz CT molecular complexity index is 230. The van der Waals surface area contributed by atoms with Crippen molar-refractivity contribution in [1.82, 2.24) is 5.32 Å². The van der Waals surface area contributed by atoms with Crippen LogP contribution in [0.3, 0.4) is 0 Å². The molecule has 2 aliphatic rings. The van der Waals surface area contributed by atoms with E-state index in [1.807, 2.05) is 0 Å². The quantitative estimate of drug-likeness (QED) is 0.704. The second-order valence-corrected chi connectivity index (χ2v) is 5.28. The molecule has 0 bridgehead atoms. The second kappa shape index (κ2) is 3.23. The lowest BCUT2D eigenvalue weighted by molar-refractivity contribution is -0.143. The summed E-state index contributed by atoms with van der Waals surface area (Å²) in [4.78, 5) is 11.0. The van der Waals surface area contributed by atoms with Gasteiger partial charge < -0.3 is 5.11 Å². The van der Waals surface area contributed by atoms with Crippen LogP contribution in [0, 0.1) is 11.8 Å². The summed E-state index contributed by atoms with van der Waals surface area (Å²) >= 11 is 0. The van der Waals surface area contributed by atoms with Crippen LogP contribution in [0.25, 0.3) is 0 Å². The maximum atomic E-state index is 11.0. The molecule has 14 heavy (non-hydrogen) atoms. The van der Waals surface area contributed by atoms with Crippen molar-refractivity contribution in [3.05, 3.63) is 0 Å². The number of carboxylic acids is 1. The summed E-state index contributed by atoms with van der Waals surface area (Å²) in [6.07, 6.45) is 5.13. The van der Waals surface area contributed by atoms with Crippen molar-refractivity contribution >= 4 is 5.97 Å². The highest BCUT2D eigenvalue weighted by atomic mass is 16.4. The van der Waals surface area contributed by atoms with Gasteiger partial charge in [-0.15, -0.1) is 0 Å². The zero-order valence-electron chi connectivity index (χ0n) is 8.92. The van der Waals surface area contributed by atoms with Gasteiger partial charge in [0.2, 0.25) is 0 Å². The van der Waals surface area contributed by atoms with E-state index in [4.69, 9.17) is 5.11 Å². The molecule has 0 aliphatic heterocycles. The minimum absolute atomic E-state index is 0.459. The summed E-state index contributed by atoms with van der Waals surface area (Å²) in [5.74, 6) is 0.756. The zero-order valence-corrected chi connectivity index (χ0v) is 8.92. The van der Waals surface area contributed by atoms with Gasteiger partial charge in [-0.3, -0.25) is 10.1 Å². The molecule has 0 amide bonds. The Balaban J connectivity index is 1.95. The molecule has 2 rings (SSSR count). The lowest BCUT2D eigenvalue weighted by atomic mass is 9.99. The Hall–Kier alpha value is -0.570. The number of carboxylic acid groups (broad SMARTS) is 1. The van der Waals surface area contributed by atoms with Crippen molar-refractivity contribution < 1.29 is 9.90 Å². The third kappa shape index (κ3) is 2.08. The van der Waals surface area contributed by atoms with Gasteiger partial charge in [-0.25, -0.2) is 0 Å². The Labute approximate surface area is 84.9 Å². The third-order valence-electron chi connectivity index (χ3n) is 3.32. The molecule has 0 saturated heterocycles. The van der Waals surface area contributed by atoms with Gasteiger partial charge in [-0.2, -0.15) is 0 Å². The van der Waals surface area contributed by atoms with Crippen molar-refractivity contribution in [2.24, 2.45) is 11.8 Å². The van der Waals surface area contributed by atoms with Crippen LogP contribution in [0.5, 0.6) is 0 Å². The van der Waals surface area contributed by atoms with Gasteiger partial charge >= 0.3 is 5.97 Å². The first-order valence-corrected chi connectivity index (χ1v) is 5.52. The monoisotopic (exact) mass is 197 g/mol. The molecule has 80 valence electrons. The number of rotatable bonds is 5. The van der Waals surface area contributed by atoms with Crippen molar-refractivity contribution in [2.45, 2.75) is 51.1 Å². The topological polar surface area (TPSA) is 49.3 Å². The Morgan fingerprint density at radius 3 is 2.00 bits per heavy atom. The molecule has 3 heteroatoms. The molecule has 0 aromatic heterocycles. The first-order chi connectivity index (χ1) is 6.50. The SMILES string of the molecule is CC(C)(NC(C1CC1)C1CC1)C(=O)O. The minimum atomic E-state index is -0.768. The van der Waals surface area contributed by atoms with Crippen molar-refractivity contribution in [3.8, 4) is 0 Å². The molecule has 0 unspecified atom stereocenters. The van der Waals surface area contributed by atoms with Crippen LogP contribution in [-0.2, 0) is 4.79 Å². The molecule has 3 nitrogen and oxygen atoms in total. The van der Waals surface area contributed by atoms with Gasteiger partial charge in [0.25, 0.3) is 0 Å². The molecule has 0 aromatic rings. The molecule has 0 atom stereocenters. The fourth-order valence-electron chi connectivity index (χ4n) is 2.01. The van der Waals surface area contributed by atoms with Crippen LogP contribution in [0.4, 0.5) is 0 Å². The molecule has 2 N–H and O–H groups in total. The Kier molecular flexibility index (Phi) is 2.30. The Morgan fingerprint density at radius 1 is 1.29 bits per heavy atom. The second-order valence-electron chi connectivity index (χ2n) is 5.28. The number of carbonyl (C=O) groups is 1. The predicted octanol–water partition coefficient (Wildman–Crippen LogP) is 1.63. The average molecular weight is 197 g/mol. The smallest absolute Gasteiger partial charge is 0.323 e. The van der Waals surface area contributed by atoms with Crippen LogP contribution in [0.2, 0.25) is 0 Å². The highest BCUT2D eigenvalue weighted by Gasteiger charge is 2.44. The normalized spacial score (nSPS) is 22.8. The lowest BCUT2D eigenvalue weighted by Gasteiger charge is -2.28. The highest BCUT2D eigenvalue weighted by Crippen LogP contribution is 2.45. The molecule has 0 spiro atoms. The van der Waals surface area contributed by atoms with Crippen LogP contribution in [-0.4, -0.2) is 22.7 Å². The van der Waals surface area contributed by atoms with E-state index in [9.17, 15) is 4.79 Å². The highest BCUT2D eigenvalue weighted by molar-refractivity contribution is 5.77. The van der Waals surface area contributed by atoms with E-state index in [0.717, 1.165) is 11.8 Å². The molecule has 2 fully saturated rings. The molecular weight excluding hydrogens is 178 g/mol. The van der Waals surface area contributed by atoms with Gasteiger partial charge in [0.15, 0.2) is 0 Å². The largest absolute Gasteiger partial charge is 0.480 e. The van der Waals surface area contributed by atoms with E-state index in [-0.39, 0.29) is 0 Å². The number of aliphatic carboxylic acids is 1. The summed E-state index contributed by atoms with van der Waals surface area (Å²) in [6.45, 7) is 3.51. The number of hydrogen-bond donors (Lipinski definition) is 2.